The van der Waals surface area contributed by atoms with Gasteiger partial charge in [0, 0.05) is 12.5 Å². The van der Waals surface area contributed by atoms with Crippen LogP contribution in [0.4, 0.5) is 8.78 Å². The van der Waals surface area contributed by atoms with Crippen LogP contribution in [0.2, 0.25) is 0 Å². The number of phenols is 1. The van der Waals surface area contributed by atoms with Crippen molar-refractivity contribution in [2.75, 3.05) is 0 Å². The molecule has 1 unspecified atom stereocenters. The Morgan fingerprint density at radius 1 is 1.31 bits per heavy atom. The van der Waals surface area contributed by atoms with Crippen LogP contribution in [-0.4, -0.2) is 16.3 Å². The Hall–Kier alpha value is -1.16. The molecule has 0 saturated heterocycles. The molecule has 2 N–H and O–H groups in total. The molecule has 1 aromatic carbocycles. The molecule has 0 radical (unpaired) electrons. The zero-order valence-corrected chi connectivity index (χ0v) is 7.09. The topological polar surface area (TPSA) is 40.5 Å². The lowest BCUT2D eigenvalue weighted by molar-refractivity contribution is 0.194. The summed E-state index contributed by atoms with van der Waals surface area (Å²) in [5.74, 6) is -2.44. The second-order valence-electron chi connectivity index (χ2n) is 2.95. The second-order valence-corrected chi connectivity index (χ2v) is 2.95. The summed E-state index contributed by atoms with van der Waals surface area (Å²) in [5.41, 5.74) is 0.203. The molecule has 0 spiro atoms. The van der Waals surface area contributed by atoms with Gasteiger partial charge in [0.25, 0.3) is 0 Å². The van der Waals surface area contributed by atoms with Gasteiger partial charge in [-0.05, 0) is 18.6 Å². The quantitative estimate of drug-likeness (QED) is 0.739. The molecular weight excluding hydrogens is 178 g/mol. The van der Waals surface area contributed by atoms with Crippen LogP contribution in [0.5, 0.6) is 5.75 Å². The van der Waals surface area contributed by atoms with Crippen LogP contribution in [0, 0.1) is 11.6 Å². The van der Waals surface area contributed by atoms with Gasteiger partial charge in [-0.1, -0.05) is 0 Å². The largest absolute Gasteiger partial charge is 0.508 e. The van der Waals surface area contributed by atoms with Crippen molar-refractivity contribution in [2.45, 2.75) is 19.4 Å². The van der Waals surface area contributed by atoms with Crippen LogP contribution in [0.25, 0.3) is 0 Å². The summed E-state index contributed by atoms with van der Waals surface area (Å²) >= 11 is 0. The number of aliphatic hydroxyl groups is 1. The highest BCUT2D eigenvalue weighted by atomic mass is 19.2. The van der Waals surface area contributed by atoms with E-state index in [1.807, 2.05) is 0 Å². The van der Waals surface area contributed by atoms with E-state index < -0.39 is 17.7 Å². The van der Waals surface area contributed by atoms with Crippen molar-refractivity contribution >= 4 is 0 Å². The average Bonchev–Trinajstić information content (AvgIpc) is 1.99. The van der Waals surface area contributed by atoms with Gasteiger partial charge in [0.1, 0.15) is 5.75 Å². The van der Waals surface area contributed by atoms with Crippen molar-refractivity contribution in [3.8, 4) is 5.75 Å². The summed E-state index contributed by atoms with van der Waals surface area (Å²) in [6.45, 7) is 1.50. The molecule has 0 aromatic heterocycles. The first kappa shape index (κ1) is 9.92. The summed E-state index contributed by atoms with van der Waals surface area (Å²) < 4.78 is 25.1. The van der Waals surface area contributed by atoms with Crippen LogP contribution in [0.1, 0.15) is 12.5 Å². The van der Waals surface area contributed by atoms with Crippen molar-refractivity contribution in [3.05, 3.63) is 29.3 Å². The smallest absolute Gasteiger partial charge is 0.162 e. The molecule has 1 aromatic rings. The summed E-state index contributed by atoms with van der Waals surface area (Å²) in [5, 5.41) is 18.1. The van der Waals surface area contributed by atoms with Gasteiger partial charge in [0.15, 0.2) is 11.6 Å². The molecule has 0 amide bonds. The van der Waals surface area contributed by atoms with Gasteiger partial charge in [-0.25, -0.2) is 8.78 Å². The first-order chi connectivity index (χ1) is 6.00. The maximum atomic E-state index is 12.6. The molecule has 0 aliphatic rings. The SMILES string of the molecule is CC(O)Cc1cc(F)c(F)cc1O. The van der Waals surface area contributed by atoms with Crippen LogP contribution < -0.4 is 0 Å². The molecule has 0 aliphatic heterocycles. The summed E-state index contributed by atoms with van der Waals surface area (Å²) in [6.07, 6.45) is -0.598. The van der Waals surface area contributed by atoms with E-state index in [9.17, 15) is 8.78 Å². The fourth-order valence-corrected chi connectivity index (χ4v) is 1.06. The highest BCUT2D eigenvalue weighted by Gasteiger charge is 2.10. The number of aromatic hydroxyl groups is 1. The molecule has 0 bridgehead atoms. The Morgan fingerprint density at radius 2 is 1.85 bits per heavy atom. The number of benzene rings is 1. The highest BCUT2D eigenvalue weighted by Crippen LogP contribution is 2.21. The first-order valence-corrected chi connectivity index (χ1v) is 3.85. The first-order valence-electron chi connectivity index (χ1n) is 3.85. The third-order valence-electron chi connectivity index (χ3n) is 1.64. The lowest BCUT2D eigenvalue weighted by atomic mass is 10.1. The zero-order chi connectivity index (χ0) is 10.0. The van der Waals surface area contributed by atoms with E-state index in [1.54, 1.807) is 0 Å². The van der Waals surface area contributed by atoms with Gasteiger partial charge in [-0.3, -0.25) is 0 Å². The number of aliphatic hydroxyl groups excluding tert-OH is 1. The second kappa shape index (κ2) is 3.70. The zero-order valence-electron chi connectivity index (χ0n) is 7.09. The molecule has 2 nitrogen and oxygen atoms in total. The van der Waals surface area contributed by atoms with Crippen LogP contribution in [-0.2, 0) is 6.42 Å². The predicted molar refractivity (Wildman–Crippen MR) is 43.4 cm³/mol. The molecule has 13 heavy (non-hydrogen) atoms. The van der Waals surface area contributed by atoms with Gasteiger partial charge >= 0.3 is 0 Å². The van der Waals surface area contributed by atoms with Crippen LogP contribution in [0.3, 0.4) is 0 Å². The van der Waals surface area contributed by atoms with Gasteiger partial charge in [0.2, 0.25) is 0 Å². The van der Waals surface area contributed by atoms with Gasteiger partial charge in [-0.2, -0.15) is 0 Å². The monoisotopic (exact) mass is 188 g/mol. The molecule has 0 saturated carbocycles. The molecule has 1 atom stereocenters. The maximum Gasteiger partial charge on any atom is 0.162 e. The number of hydrogen-bond acceptors (Lipinski definition) is 2. The van der Waals surface area contributed by atoms with Crippen LogP contribution >= 0.6 is 0 Å². The summed E-state index contributed by atoms with van der Waals surface area (Å²) in [4.78, 5) is 0. The standard InChI is InChI=1S/C9H10F2O2/c1-5(12)2-6-3-7(10)8(11)4-9(6)13/h3-5,12-13H,2H2,1H3. The third-order valence-corrected chi connectivity index (χ3v) is 1.64. The molecule has 0 fully saturated rings. The highest BCUT2D eigenvalue weighted by molar-refractivity contribution is 5.33. The number of halogens is 2. The van der Waals surface area contributed by atoms with E-state index in [1.165, 1.54) is 6.92 Å². The fraction of sp³-hybridized carbons (Fsp3) is 0.333. The van der Waals surface area contributed by atoms with Crippen LogP contribution in [0.15, 0.2) is 12.1 Å². The minimum absolute atomic E-state index is 0.100. The maximum absolute atomic E-state index is 12.6. The van der Waals surface area contributed by atoms with Crippen molar-refractivity contribution < 1.29 is 19.0 Å². The molecule has 1 rings (SSSR count). The van der Waals surface area contributed by atoms with E-state index in [-0.39, 0.29) is 17.7 Å². The van der Waals surface area contributed by atoms with Crippen molar-refractivity contribution in [1.29, 1.82) is 0 Å². The van der Waals surface area contributed by atoms with Gasteiger partial charge in [-0.15, -0.1) is 0 Å². The number of rotatable bonds is 2. The minimum atomic E-state index is -1.09. The lowest BCUT2D eigenvalue weighted by Gasteiger charge is -2.06. The Balaban J connectivity index is 3.01. The van der Waals surface area contributed by atoms with Gasteiger partial charge in [0.05, 0.1) is 6.10 Å². The molecule has 4 heteroatoms. The Kier molecular flexibility index (Phi) is 2.83. The van der Waals surface area contributed by atoms with Crippen molar-refractivity contribution in [2.24, 2.45) is 0 Å². The fourth-order valence-electron chi connectivity index (χ4n) is 1.06. The number of phenolic OH excluding ortho intramolecular Hbond substituents is 1. The molecule has 72 valence electrons. The Labute approximate surface area is 74.4 Å². The normalized spacial score (nSPS) is 12.9. The predicted octanol–water partition coefficient (Wildman–Crippen LogP) is 1.59. The van der Waals surface area contributed by atoms with E-state index in [4.69, 9.17) is 10.2 Å². The van der Waals surface area contributed by atoms with Crippen molar-refractivity contribution in [3.63, 3.8) is 0 Å². The molecule has 0 heterocycles. The number of hydrogen-bond donors (Lipinski definition) is 2. The summed E-state index contributed by atoms with van der Waals surface area (Å²) in [6, 6.07) is 1.59. The van der Waals surface area contributed by atoms with Crippen molar-refractivity contribution in [1.82, 2.24) is 0 Å². The Morgan fingerprint density at radius 3 is 2.38 bits per heavy atom. The average molecular weight is 188 g/mol. The Bertz CT molecular complexity index is 311. The third kappa shape index (κ3) is 2.39. The van der Waals surface area contributed by atoms with E-state index in [0.717, 1.165) is 6.07 Å². The van der Waals surface area contributed by atoms with E-state index in [2.05, 4.69) is 0 Å². The van der Waals surface area contributed by atoms with E-state index >= 15 is 0 Å². The van der Waals surface area contributed by atoms with E-state index in [0.29, 0.717) is 6.07 Å². The molecule has 0 aliphatic carbocycles. The van der Waals surface area contributed by atoms with Gasteiger partial charge < -0.3 is 10.2 Å². The summed E-state index contributed by atoms with van der Waals surface area (Å²) in [7, 11) is 0. The molecular formula is C9H10F2O2. The lowest BCUT2D eigenvalue weighted by Crippen LogP contribution is -2.05. The minimum Gasteiger partial charge on any atom is -0.508 e.